The zero-order valence-corrected chi connectivity index (χ0v) is 9.73. The number of aryl methyl sites for hydroxylation is 1. The molecule has 2 aromatic heterocycles. The molecule has 0 fully saturated rings. The lowest BCUT2D eigenvalue weighted by Gasteiger charge is -2.04. The molecular weight excluding hydrogens is 265 g/mol. The van der Waals surface area contributed by atoms with Crippen LogP contribution in [-0.2, 0) is 17.5 Å². The minimum Gasteiger partial charge on any atom is -0.363 e. The fraction of sp³-hybridized carbons (Fsp3) is 0.300. The molecule has 0 aliphatic heterocycles. The van der Waals surface area contributed by atoms with Crippen LogP contribution in [0.2, 0.25) is 0 Å². The summed E-state index contributed by atoms with van der Waals surface area (Å²) in [6.45, 7) is 1.10. The molecule has 2 heterocycles. The first kappa shape index (κ1) is 13.1. The van der Waals surface area contributed by atoms with Gasteiger partial charge in [0.1, 0.15) is 12.8 Å². The molecule has 2 rings (SSSR count). The largest absolute Gasteiger partial charge is 0.435 e. The molecule has 0 radical (unpaired) electrons. The van der Waals surface area contributed by atoms with E-state index in [4.69, 9.17) is 0 Å². The highest BCUT2D eigenvalue weighted by Gasteiger charge is 2.34. The van der Waals surface area contributed by atoms with E-state index < -0.39 is 17.8 Å². The van der Waals surface area contributed by atoms with Crippen molar-refractivity contribution in [1.82, 2.24) is 14.9 Å². The Morgan fingerprint density at radius 2 is 2.26 bits per heavy atom. The number of halogens is 3. The predicted octanol–water partition coefficient (Wildman–Crippen LogP) is 1.84. The number of carbonyl (C=O) groups excluding carboxylic acids is 1. The molecule has 0 unspecified atom stereocenters. The van der Waals surface area contributed by atoms with E-state index in [0.717, 1.165) is 10.7 Å². The highest BCUT2D eigenvalue weighted by molar-refractivity contribution is 5.89. The van der Waals surface area contributed by atoms with E-state index in [9.17, 15) is 18.0 Å². The van der Waals surface area contributed by atoms with E-state index in [2.05, 4.69) is 20.1 Å². The molecule has 0 spiro atoms. The molecule has 1 amide bonds. The zero-order chi connectivity index (χ0) is 14.0. The third kappa shape index (κ3) is 3.12. The molecule has 0 saturated carbocycles. The Kier molecular flexibility index (Phi) is 3.28. The number of rotatable bonds is 3. The van der Waals surface area contributed by atoms with Gasteiger partial charge in [0.15, 0.2) is 11.5 Å². The fourth-order valence-corrected chi connectivity index (χ4v) is 1.40. The molecule has 1 N–H and O–H groups in total. The summed E-state index contributed by atoms with van der Waals surface area (Å²) in [6, 6.07) is 2.29. The minimum atomic E-state index is -4.53. The molecule has 102 valence electrons. The second-order valence-corrected chi connectivity index (χ2v) is 3.76. The fourth-order valence-electron chi connectivity index (χ4n) is 1.40. The van der Waals surface area contributed by atoms with E-state index >= 15 is 0 Å². The van der Waals surface area contributed by atoms with Crippen molar-refractivity contribution in [3.8, 4) is 0 Å². The third-order valence-electron chi connectivity index (χ3n) is 2.27. The number of aromatic nitrogens is 3. The van der Waals surface area contributed by atoms with Gasteiger partial charge in [0, 0.05) is 11.8 Å². The monoisotopic (exact) mass is 274 g/mol. The summed E-state index contributed by atoms with van der Waals surface area (Å²) in [6.07, 6.45) is -3.27. The summed E-state index contributed by atoms with van der Waals surface area (Å²) in [4.78, 5) is 11.6. The van der Waals surface area contributed by atoms with E-state index in [-0.39, 0.29) is 18.1 Å². The van der Waals surface area contributed by atoms with Gasteiger partial charge in [-0.1, -0.05) is 5.16 Å². The van der Waals surface area contributed by atoms with Crippen molar-refractivity contribution in [3.05, 3.63) is 29.8 Å². The van der Waals surface area contributed by atoms with Crippen molar-refractivity contribution in [1.29, 1.82) is 0 Å². The highest BCUT2D eigenvalue weighted by Crippen LogP contribution is 2.28. The molecular formula is C10H9F3N4O2. The molecule has 2 aromatic rings. The lowest BCUT2D eigenvalue weighted by Crippen LogP contribution is -2.21. The molecule has 0 aliphatic rings. The van der Waals surface area contributed by atoms with Crippen molar-refractivity contribution in [3.63, 3.8) is 0 Å². The molecule has 19 heavy (non-hydrogen) atoms. The van der Waals surface area contributed by atoms with Crippen molar-refractivity contribution in [2.24, 2.45) is 0 Å². The maximum absolute atomic E-state index is 12.4. The van der Waals surface area contributed by atoms with Gasteiger partial charge in [-0.3, -0.25) is 9.48 Å². The average Bonchev–Trinajstić information content (AvgIpc) is 2.88. The maximum atomic E-state index is 12.4. The van der Waals surface area contributed by atoms with Crippen molar-refractivity contribution < 1.29 is 22.5 Å². The van der Waals surface area contributed by atoms with Crippen LogP contribution in [0, 0.1) is 6.92 Å². The Balaban J connectivity index is 2.07. The summed E-state index contributed by atoms with van der Waals surface area (Å²) in [7, 11) is 0. The Labute approximate surface area is 105 Å². The first-order chi connectivity index (χ1) is 8.86. The Hall–Kier alpha value is -2.32. The number of amides is 1. The van der Waals surface area contributed by atoms with Gasteiger partial charge in [0.2, 0.25) is 5.91 Å². The number of anilines is 1. The van der Waals surface area contributed by atoms with Gasteiger partial charge in [-0.05, 0) is 13.0 Å². The summed E-state index contributed by atoms with van der Waals surface area (Å²) >= 11 is 0. The van der Waals surface area contributed by atoms with Gasteiger partial charge >= 0.3 is 6.18 Å². The van der Waals surface area contributed by atoms with Crippen LogP contribution < -0.4 is 5.32 Å². The molecule has 0 saturated heterocycles. The van der Waals surface area contributed by atoms with Crippen LogP contribution in [0.1, 0.15) is 11.4 Å². The molecule has 0 aliphatic carbocycles. The summed E-state index contributed by atoms with van der Waals surface area (Å²) in [5, 5.41) is 9.15. The highest BCUT2D eigenvalue weighted by atomic mass is 19.4. The summed E-state index contributed by atoms with van der Waals surface area (Å²) in [5.74, 6) is -0.361. The summed E-state index contributed by atoms with van der Waals surface area (Å²) < 4.78 is 42.7. The predicted molar refractivity (Wildman–Crippen MR) is 57.1 cm³/mol. The van der Waals surface area contributed by atoms with Crippen LogP contribution in [0.3, 0.4) is 0 Å². The Morgan fingerprint density at radius 3 is 2.79 bits per heavy atom. The van der Waals surface area contributed by atoms with E-state index in [1.165, 1.54) is 19.3 Å². The minimum absolute atomic E-state index is 0.186. The second kappa shape index (κ2) is 4.75. The number of nitrogens with zero attached hydrogens (tertiary/aromatic N) is 3. The quantitative estimate of drug-likeness (QED) is 0.926. The van der Waals surface area contributed by atoms with E-state index in [1.807, 2.05) is 0 Å². The lowest BCUT2D eigenvalue weighted by atomic mass is 10.3. The van der Waals surface area contributed by atoms with Crippen LogP contribution in [0.15, 0.2) is 22.9 Å². The zero-order valence-electron chi connectivity index (χ0n) is 9.73. The molecule has 0 bridgehead atoms. The van der Waals surface area contributed by atoms with Gasteiger partial charge in [-0.2, -0.15) is 18.3 Å². The molecule has 0 aromatic carbocycles. The summed E-state index contributed by atoms with van der Waals surface area (Å²) in [5.41, 5.74) is -0.790. The number of carbonyl (C=O) groups is 1. The number of hydrogen-bond acceptors (Lipinski definition) is 4. The van der Waals surface area contributed by atoms with Gasteiger partial charge in [0.25, 0.3) is 0 Å². The van der Waals surface area contributed by atoms with Crippen LogP contribution in [0.4, 0.5) is 19.0 Å². The van der Waals surface area contributed by atoms with Gasteiger partial charge in [-0.25, -0.2) is 0 Å². The Morgan fingerprint density at radius 1 is 1.53 bits per heavy atom. The second-order valence-electron chi connectivity index (χ2n) is 3.76. The van der Waals surface area contributed by atoms with Crippen molar-refractivity contribution in [2.75, 3.05) is 5.32 Å². The SMILES string of the molecule is Cc1cc(C(F)(F)F)nn1CC(=O)Nc1ccon1. The third-order valence-corrected chi connectivity index (χ3v) is 2.27. The first-order valence-electron chi connectivity index (χ1n) is 5.18. The normalized spacial score (nSPS) is 11.6. The van der Waals surface area contributed by atoms with Crippen molar-refractivity contribution in [2.45, 2.75) is 19.6 Å². The maximum Gasteiger partial charge on any atom is 0.435 e. The van der Waals surface area contributed by atoms with Gasteiger partial charge < -0.3 is 9.84 Å². The lowest BCUT2D eigenvalue weighted by molar-refractivity contribution is -0.141. The molecule has 0 atom stereocenters. The van der Waals surface area contributed by atoms with E-state index in [1.54, 1.807) is 0 Å². The Bertz CT molecular complexity index is 574. The van der Waals surface area contributed by atoms with Gasteiger partial charge in [-0.15, -0.1) is 0 Å². The van der Waals surface area contributed by atoms with Crippen LogP contribution in [-0.4, -0.2) is 20.8 Å². The van der Waals surface area contributed by atoms with Gasteiger partial charge in [0.05, 0.1) is 0 Å². The van der Waals surface area contributed by atoms with Crippen LogP contribution in [0.25, 0.3) is 0 Å². The molecule has 9 heteroatoms. The number of nitrogens with one attached hydrogen (secondary N) is 1. The van der Waals surface area contributed by atoms with Crippen LogP contribution >= 0.6 is 0 Å². The van der Waals surface area contributed by atoms with E-state index in [0.29, 0.717) is 0 Å². The van der Waals surface area contributed by atoms with Crippen molar-refractivity contribution >= 4 is 11.7 Å². The first-order valence-corrected chi connectivity index (χ1v) is 5.18. The van der Waals surface area contributed by atoms with Crippen LogP contribution in [0.5, 0.6) is 0 Å². The standard InChI is InChI=1S/C10H9F3N4O2/c1-6-4-7(10(11,12)13)15-17(6)5-9(18)14-8-2-3-19-16-8/h2-4H,5H2,1H3,(H,14,16,18). The topological polar surface area (TPSA) is 73.0 Å². The number of hydrogen-bond donors (Lipinski definition) is 1. The smallest absolute Gasteiger partial charge is 0.363 e. The average molecular weight is 274 g/mol. The molecule has 6 nitrogen and oxygen atoms in total. The number of alkyl halides is 3.